The Hall–Kier alpha value is 0.272. The molecular weight excluding hydrogens is 454 g/mol. The van der Waals surface area contributed by atoms with E-state index in [9.17, 15) is 0 Å². The molecule has 0 nitrogen and oxygen atoms in total. The molecule has 0 heterocycles. The smallest absolute Gasteiger partial charge is 0 e. The first-order valence-corrected chi connectivity index (χ1v) is 6.90. The molecule has 0 aliphatic carbocycles. The van der Waals surface area contributed by atoms with Gasteiger partial charge in [0.25, 0.3) is 0 Å². The van der Waals surface area contributed by atoms with E-state index in [1.54, 1.807) is 0 Å². The van der Waals surface area contributed by atoms with Gasteiger partial charge in [-0.15, -0.1) is 0 Å². The van der Waals surface area contributed by atoms with Crippen molar-refractivity contribution in [3.8, 4) is 0 Å². The van der Waals surface area contributed by atoms with Gasteiger partial charge in [0.2, 0.25) is 0 Å². The van der Waals surface area contributed by atoms with Gasteiger partial charge in [0, 0.05) is 31.1 Å². The van der Waals surface area contributed by atoms with Crippen molar-refractivity contribution in [2.24, 2.45) is 0 Å². The third kappa shape index (κ3) is 5.28. The second-order valence-electron chi connectivity index (χ2n) is 8.45. The minimum Gasteiger partial charge on any atom is -0.176 e. The number of rotatable bonds is 0. The minimum atomic E-state index is 0. The van der Waals surface area contributed by atoms with Crippen LogP contribution in [0.1, 0.15) is 79.0 Å². The fraction of sp³-hybridized carbons (Fsp3) is 0.667. The Morgan fingerprint density at radius 3 is 1.16 bits per heavy atom. The van der Waals surface area contributed by atoms with Gasteiger partial charge in [0.1, 0.15) is 0 Å². The molecule has 0 N–H and O–H groups in total. The largest absolute Gasteiger partial charge is 0.176 e. The molecule has 19 heavy (non-hydrogen) atoms. The molecule has 0 aromatic heterocycles. The fourth-order valence-corrected chi connectivity index (χ4v) is 1.81. The Labute approximate surface area is 144 Å². The van der Waals surface area contributed by atoms with Gasteiger partial charge >= 0.3 is 0 Å². The van der Waals surface area contributed by atoms with Crippen LogP contribution in [0.4, 0.5) is 0 Å². The minimum absolute atomic E-state index is 0. The van der Waals surface area contributed by atoms with Crippen LogP contribution in [0, 0.1) is 37.2 Å². The molecule has 106 valence electrons. The van der Waals surface area contributed by atoms with Crippen molar-refractivity contribution in [2.75, 3.05) is 0 Å². The van der Waals surface area contributed by atoms with Crippen molar-refractivity contribution < 1.29 is 31.1 Å². The van der Waals surface area contributed by atoms with Crippen LogP contribution in [0.25, 0.3) is 0 Å². The molecule has 0 saturated heterocycles. The maximum atomic E-state index is 3.64. The Kier molecular flexibility index (Phi) is 6.03. The summed E-state index contributed by atoms with van der Waals surface area (Å²) in [5.41, 5.74) is 4.55. The summed E-state index contributed by atoms with van der Waals surface area (Å²) in [5.74, 6) is 0. The van der Waals surface area contributed by atoms with E-state index >= 15 is 0 Å². The van der Waals surface area contributed by atoms with E-state index in [0.717, 1.165) is 0 Å². The van der Waals surface area contributed by atoms with Crippen molar-refractivity contribution in [3.05, 3.63) is 34.9 Å². The molecule has 0 fully saturated rings. The SMILES string of the molecule is CC(C)(C)c1[c-]c(C(C)(C)C)cc(C(C)(C)C)c1.[U]. The Morgan fingerprint density at radius 2 is 0.947 bits per heavy atom. The van der Waals surface area contributed by atoms with Crippen LogP contribution in [0.15, 0.2) is 12.1 Å². The predicted molar refractivity (Wildman–Crippen MR) is 81.4 cm³/mol. The molecule has 0 atom stereocenters. The van der Waals surface area contributed by atoms with Gasteiger partial charge in [0.15, 0.2) is 0 Å². The van der Waals surface area contributed by atoms with Crippen molar-refractivity contribution >= 4 is 0 Å². The summed E-state index contributed by atoms with van der Waals surface area (Å²) in [4.78, 5) is 0. The molecule has 0 aliphatic rings. The summed E-state index contributed by atoms with van der Waals surface area (Å²) in [6.45, 7) is 20.4. The zero-order valence-electron chi connectivity index (χ0n) is 14.2. The maximum absolute atomic E-state index is 3.64. The summed E-state index contributed by atoms with van der Waals surface area (Å²) in [7, 11) is 0. The van der Waals surface area contributed by atoms with Gasteiger partial charge in [-0.3, -0.25) is 0 Å². The monoisotopic (exact) mass is 483 g/mol. The van der Waals surface area contributed by atoms with Crippen molar-refractivity contribution in [1.29, 1.82) is 0 Å². The zero-order valence-corrected chi connectivity index (χ0v) is 18.3. The molecule has 0 unspecified atom stereocenters. The van der Waals surface area contributed by atoms with E-state index in [0.29, 0.717) is 0 Å². The van der Waals surface area contributed by atoms with Gasteiger partial charge in [0.05, 0.1) is 0 Å². The summed E-state index contributed by atoms with van der Waals surface area (Å²) in [5, 5.41) is 0. The molecule has 1 aromatic carbocycles. The average molecular weight is 483 g/mol. The summed E-state index contributed by atoms with van der Waals surface area (Å²) < 4.78 is 0. The van der Waals surface area contributed by atoms with Gasteiger partial charge < -0.3 is 0 Å². The standard InChI is InChI=1S/C18H29.U/c1-16(2,3)13-10-14(17(4,5)6)12-15(11-13)18(7,8)9;/h10-11H,1-9H3;/q-1;. The molecule has 0 amide bonds. The van der Waals surface area contributed by atoms with Crippen molar-refractivity contribution in [2.45, 2.75) is 78.6 Å². The molecule has 1 rings (SSSR count). The topological polar surface area (TPSA) is 0 Å². The van der Waals surface area contributed by atoms with Gasteiger partial charge in [-0.2, -0.15) is 34.9 Å². The van der Waals surface area contributed by atoms with Crippen LogP contribution < -0.4 is 0 Å². The molecule has 0 aliphatic heterocycles. The number of hydrogen-bond acceptors (Lipinski definition) is 0. The summed E-state index contributed by atoms with van der Waals surface area (Å²) >= 11 is 0. The second-order valence-corrected chi connectivity index (χ2v) is 8.45. The first kappa shape index (κ1) is 19.3. The van der Waals surface area contributed by atoms with Crippen LogP contribution in [0.3, 0.4) is 0 Å². The Bertz CT molecular complexity index is 343. The van der Waals surface area contributed by atoms with Gasteiger partial charge in [-0.05, 0) is 16.2 Å². The number of benzene rings is 1. The number of hydrogen-bond donors (Lipinski definition) is 0. The third-order valence-electron chi connectivity index (χ3n) is 3.35. The third-order valence-corrected chi connectivity index (χ3v) is 3.35. The van der Waals surface area contributed by atoms with Crippen LogP contribution in [-0.4, -0.2) is 0 Å². The van der Waals surface area contributed by atoms with Crippen molar-refractivity contribution in [3.63, 3.8) is 0 Å². The Balaban J connectivity index is 0.00000324. The molecule has 1 aromatic rings. The van der Waals surface area contributed by atoms with Crippen LogP contribution in [0.2, 0.25) is 0 Å². The summed E-state index contributed by atoms with van der Waals surface area (Å²) in [6, 6.07) is 8.29. The van der Waals surface area contributed by atoms with E-state index in [4.69, 9.17) is 0 Å². The molecule has 0 spiro atoms. The van der Waals surface area contributed by atoms with E-state index in [1.165, 1.54) is 16.7 Å². The quantitative estimate of drug-likeness (QED) is 0.435. The molecule has 0 radical (unpaired) electrons. The maximum Gasteiger partial charge on any atom is 0 e. The van der Waals surface area contributed by atoms with E-state index in [-0.39, 0.29) is 47.4 Å². The zero-order chi connectivity index (χ0) is 14.4. The van der Waals surface area contributed by atoms with E-state index < -0.39 is 0 Å². The average Bonchev–Trinajstić information content (AvgIpc) is 2.13. The van der Waals surface area contributed by atoms with Crippen LogP contribution in [-0.2, 0) is 16.2 Å². The fourth-order valence-electron chi connectivity index (χ4n) is 1.81. The first-order valence-electron chi connectivity index (χ1n) is 6.90. The van der Waals surface area contributed by atoms with Crippen LogP contribution in [0.5, 0.6) is 0 Å². The van der Waals surface area contributed by atoms with Crippen molar-refractivity contribution in [1.82, 2.24) is 0 Å². The van der Waals surface area contributed by atoms with Gasteiger partial charge in [-0.25, -0.2) is 0 Å². The molecular formula is C18H29U-. The summed E-state index contributed by atoms with van der Waals surface area (Å²) in [6.07, 6.45) is 0. The molecule has 1 heteroatoms. The first-order chi connectivity index (χ1) is 7.82. The molecule has 0 saturated carbocycles. The molecule has 0 bridgehead atoms. The second kappa shape index (κ2) is 5.95. The van der Waals surface area contributed by atoms with E-state index in [2.05, 4.69) is 80.5 Å². The van der Waals surface area contributed by atoms with Gasteiger partial charge in [-0.1, -0.05) is 62.3 Å². The Morgan fingerprint density at radius 1 is 0.632 bits per heavy atom. The normalized spacial score (nSPS) is 13.1. The van der Waals surface area contributed by atoms with E-state index in [1.807, 2.05) is 0 Å². The van der Waals surface area contributed by atoms with Crippen LogP contribution >= 0.6 is 0 Å². The predicted octanol–water partition coefficient (Wildman–Crippen LogP) is 5.38.